The highest BCUT2D eigenvalue weighted by molar-refractivity contribution is 5.94. The Kier molecular flexibility index (Phi) is 4.18. The van der Waals surface area contributed by atoms with Gasteiger partial charge in [-0.1, -0.05) is 30.3 Å². The second-order valence-electron chi connectivity index (χ2n) is 4.37. The standard InChI is InChI=1S/C16H17NO2/c1-19-14-10-7-12(8-11-14)6-9-13-4-2-3-5-15(13)16(17)18/h2-5,7-8,10-11H,6,9H2,1H3,(H2,17,18). The molecule has 0 aromatic heterocycles. The Hall–Kier alpha value is -2.29. The number of hydrogen-bond acceptors (Lipinski definition) is 2. The van der Waals surface area contributed by atoms with Crippen molar-refractivity contribution >= 4 is 5.91 Å². The van der Waals surface area contributed by atoms with Crippen molar-refractivity contribution in [3.63, 3.8) is 0 Å². The molecule has 0 atom stereocenters. The summed E-state index contributed by atoms with van der Waals surface area (Å²) in [5.74, 6) is 0.478. The van der Waals surface area contributed by atoms with Crippen LogP contribution >= 0.6 is 0 Å². The SMILES string of the molecule is COc1ccc(CCc2ccccc2C(N)=O)cc1. The highest BCUT2D eigenvalue weighted by Crippen LogP contribution is 2.15. The molecule has 2 N–H and O–H groups in total. The summed E-state index contributed by atoms with van der Waals surface area (Å²) in [4.78, 5) is 11.3. The summed E-state index contributed by atoms with van der Waals surface area (Å²) >= 11 is 0. The molecular weight excluding hydrogens is 238 g/mol. The molecule has 1 amide bonds. The maximum Gasteiger partial charge on any atom is 0.248 e. The molecule has 0 bridgehead atoms. The van der Waals surface area contributed by atoms with Gasteiger partial charge >= 0.3 is 0 Å². The minimum atomic E-state index is -0.370. The molecule has 0 fully saturated rings. The van der Waals surface area contributed by atoms with Crippen LogP contribution in [0.15, 0.2) is 48.5 Å². The first-order valence-corrected chi connectivity index (χ1v) is 6.21. The molecule has 2 aromatic carbocycles. The number of nitrogens with two attached hydrogens (primary N) is 1. The van der Waals surface area contributed by atoms with E-state index in [0.29, 0.717) is 5.56 Å². The molecule has 0 heterocycles. The second kappa shape index (κ2) is 6.05. The number of carbonyl (C=O) groups is 1. The van der Waals surface area contributed by atoms with E-state index in [9.17, 15) is 4.79 Å². The lowest BCUT2D eigenvalue weighted by atomic mass is 9.99. The van der Waals surface area contributed by atoms with Crippen molar-refractivity contribution < 1.29 is 9.53 Å². The molecule has 3 nitrogen and oxygen atoms in total. The molecule has 2 aromatic rings. The second-order valence-corrected chi connectivity index (χ2v) is 4.37. The van der Waals surface area contributed by atoms with Crippen LogP contribution in [0.5, 0.6) is 5.75 Å². The molecule has 0 aliphatic carbocycles. The first-order valence-electron chi connectivity index (χ1n) is 6.21. The zero-order valence-corrected chi connectivity index (χ0v) is 10.9. The third-order valence-corrected chi connectivity index (χ3v) is 3.12. The van der Waals surface area contributed by atoms with Crippen LogP contribution < -0.4 is 10.5 Å². The fraction of sp³-hybridized carbons (Fsp3) is 0.188. The van der Waals surface area contributed by atoms with Gasteiger partial charge < -0.3 is 10.5 Å². The number of ether oxygens (including phenoxy) is 1. The molecule has 0 aliphatic heterocycles. The van der Waals surface area contributed by atoms with Crippen molar-refractivity contribution in [1.29, 1.82) is 0 Å². The van der Waals surface area contributed by atoms with Gasteiger partial charge in [-0.05, 0) is 42.2 Å². The van der Waals surface area contributed by atoms with Crippen LogP contribution in [0.1, 0.15) is 21.5 Å². The minimum Gasteiger partial charge on any atom is -0.497 e. The van der Waals surface area contributed by atoms with E-state index in [1.54, 1.807) is 13.2 Å². The van der Waals surface area contributed by atoms with Gasteiger partial charge in [0, 0.05) is 5.56 Å². The van der Waals surface area contributed by atoms with Crippen LogP contribution in [0.3, 0.4) is 0 Å². The molecule has 0 saturated carbocycles. The van der Waals surface area contributed by atoms with Gasteiger partial charge in [-0.3, -0.25) is 4.79 Å². The number of carbonyl (C=O) groups excluding carboxylic acids is 1. The van der Waals surface area contributed by atoms with E-state index in [1.165, 1.54) is 5.56 Å². The summed E-state index contributed by atoms with van der Waals surface area (Å²) in [5, 5.41) is 0. The van der Waals surface area contributed by atoms with Crippen LogP contribution in [-0.4, -0.2) is 13.0 Å². The van der Waals surface area contributed by atoms with Crippen LogP contribution in [0.2, 0.25) is 0 Å². The number of primary amides is 1. The number of aryl methyl sites for hydroxylation is 2. The van der Waals surface area contributed by atoms with Crippen molar-refractivity contribution in [2.75, 3.05) is 7.11 Å². The van der Waals surface area contributed by atoms with Gasteiger partial charge in [-0.2, -0.15) is 0 Å². The smallest absolute Gasteiger partial charge is 0.248 e. The van der Waals surface area contributed by atoms with Crippen molar-refractivity contribution in [2.24, 2.45) is 5.73 Å². The Morgan fingerprint density at radius 2 is 1.74 bits per heavy atom. The summed E-state index contributed by atoms with van der Waals surface area (Å²) in [6.07, 6.45) is 1.67. The third-order valence-electron chi connectivity index (χ3n) is 3.12. The normalized spacial score (nSPS) is 10.2. The van der Waals surface area contributed by atoms with E-state index in [4.69, 9.17) is 10.5 Å². The van der Waals surface area contributed by atoms with Gasteiger partial charge in [-0.15, -0.1) is 0 Å². The van der Waals surface area contributed by atoms with Gasteiger partial charge in [0.05, 0.1) is 7.11 Å². The molecule has 2 rings (SSSR count). The average molecular weight is 255 g/mol. The molecule has 98 valence electrons. The zero-order valence-electron chi connectivity index (χ0n) is 10.9. The molecule has 0 spiro atoms. The lowest BCUT2D eigenvalue weighted by Gasteiger charge is -2.07. The predicted molar refractivity (Wildman–Crippen MR) is 75.4 cm³/mol. The lowest BCUT2D eigenvalue weighted by molar-refractivity contribution is 0.0999. The molecule has 0 saturated heterocycles. The van der Waals surface area contributed by atoms with Crippen molar-refractivity contribution in [1.82, 2.24) is 0 Å². The summed E-state index contributed by atoms with van der Waals surface area (Å²) in [5.41, 5.74) is 8.17. The number of methoxy groups -OCH3 is 1. The Labute approximate surface area is 113 Å². The van der Waals surface area contributed by atoms with Crippen molar-refractivity contribution in [3.05, 3.63) is 65.2 Å². The topological polar surface area (TPSA) is 52.3 Å². The molecule has 3 heteroatoms. The van der Waals surface area contributed by atoms with Gasteiger partial charge in [0.1, 0.15) is 5.75 Å². The molecule has 0 aliphatic rings. The Morgan fingerprint density at radius 3 is 2.37 bits per heavy atom. The largest absolute Gasteiger partial charge is 0.497 e. The Bertz CT molecular complexity index is 561. The van der Waals surface area contributed by atoms with Crippen molar-refractivity contribution in [2.45, 2.75) is 12.8 Å². The summed E-state index contributed by atoms with van der Waals surface area (Å²) in [6.45, 7) is 0. The van der Waals surface area contributed by atoms with Gasteiger partial charge in [-0.25, -0.2) is 0 Å². The maximum absolute atomic E-state index is 11.3. The highest BCUT2D eigenvalue weighted by Gasteiger charge is 2.06. The number of rotatable bonds is 5. The van der Waals surface area contributed by atoms with Gasteiger partial charge in [0.2, 0.25) is 5.91 Å². The summed E-state index contributed by atoms with van der Waals surface area (Å²) < 4.78 is 5.12. The van der Waals surface area contributed by atoms with E-state index in [-0.39, 0.29) is 5.91 Å². The number of benzene rings is 2. The van der Waals surface area contributed by atoms with E-state index in [2.05, 4.69) is 0 Å². The third kappa shape index (κ3) is 3.35. The number of amides is 1. The highest BCUT2D eigenvalue weighted by atomic mass is 16.5. The van der Waals surface area contributed by atoms with Crippen molar-refractivity contribution in [3.8, 4) is 5.75 Å². The minimum absolute atomic E-state index is 0.370. The lowest BCUT2D eigenvalue weighted by Crippen LogP contribution is -2.13. The number of hydrogen-bond donors (Lipinski definition) is 1. The molecule has 0 radical (unpaired) electrons. The van der Waals surface area contributed by atoms with E-state index in [1.807, 2.05) is 42.5 Å². The quantitative estimate of drug-likeness (QED) is 0.892. The maximum atomic E-state index is 11.3. The molecule has 19 heavy (non-hydrogen) atoms. The van der Waals surface area contributed by atoms with E-state index >= 15 is 0 Å². The Morgan fingerprint density at radius 1 is 1.05 bits per heavy atom. The van der Waals surface area contributed by atoms with Gasteiger partial charge in [0.25, 0.3) is 0 Å². The first-order chi connectivity index (χ1) is 9.20. The molecule has 0 unspecified atom stereocenters. The van der Waals surface area contributed by atoms with Gasteiger partial charge in [0.15, 0.2) is 0 Å². The van der Waals surface area contributed by atoms with E-state index < -0.39 is 0 Å². The fourth-order valence-corrected chi connectivity index (χ4v) is 2.05. The van der Waals surface area contributed by atoms with Crippen LogP contribution in [0.25, 0.3) is 0 Å². The van der Waals surface area contributed by atoms with E-state index in [0.717, 1.165) is 24.2 Å². The Balaban J connectivity index is 2.07. The summed E-state index contributed by atoms with van der Waals surface area (Å²) in [6, 6.07) is 15.4. The fourth-order valence-electron chi connectivity index (χ4n) is 2.05. The van der Waals surface area contributed by atoms with Crippen LogP contribution in [0, 0.1) is 0 Å². The summed E-state index contributed by atoms with van der Waals surface area (Å²) in [7, 11) is 1.65. The molecular formula is C16H17NO2. The van der Waals surface area contributed by atoms with Crippen LogP contribution in [0.4, 0.5) is 0 Å². The monoisotopic (exact) mass is 255 g/mol. The average Bonchev–Trinajstić information content (AvgIpc) is 2.46. The predicted octanol–water partition coefficient (Wildman–Crippen LogP) is 2.58. The first kappa shape index (κ1) is 13.1. The zero-order chi connectivity index (χ0) is 13.7. The van der Waals surface area contributed by atoms with Crippen LogP contribution in [-0.2, 0) is 12.8 Å².